The van der Waals surface area contributed by atoms with E-state index in [-0.39, 0.29) is 12.5 Å². The normalized spacial score (nSPS) is 10.2. The van der Waals surface area contributed by atoms with E-state index in [1.54, 1.807) is 13.2 Å². The molecule has 0 spiro atoms. The van der Waals surface area contributed by atoms with Crippen molar-refractivity contribution in [2.75, 3.05) is 37.5 Å². The molecule has 0 aliphatic heterocycles. The lowest BCUT2D eigenvalue weighted by atomic mass is 10.3. The van der Waals surface area contributed by atoms with Crippen molar-refractivity contribution < 1.29 is 14.3 Å². The Hall–Kier alpha value is -1.80. The van der Waals surface area contributed by atoms with Crippen LogP contribution in [-0.4, -0.2) is 32.8 Å². The molecular formula is C17H19IN2O3. The lowest BCUT2D eigenvalue weighted by molar-refractivity contribution is -0.114. The standard InChI is InChI=1S/C17H19IN2O3/c1-22-9-10-23-16-4-2-3-15(11-16)20-17(21)12-19-14-7-5-13(18)6-8-14/h2-8,11,19H,9-10,12H2,1H3,(H,20,21). The first kappa shape index (κ1) is 17.6. The van der Waals surface area contributed by atoms with E-state index < -0.39 is 0 Å². The number of halogens is 1. The summed E-state index contributed by atoms with van der Waals surface area (Å²) >= 11 is 2.24. The Morgan fingerprint density at radius 3 is 2.61 bits per heavy atom. The number of hydrogen-bond acceptors (Lipinski definition) is 4. The van der Waals surface area contributed by atoms with Crippen LogP contribution in [0.15, 0.2) is 48.5 Å². The molecule has 122 valence electrons. The Morgan fingerprint density at radius 2 is 1.87 bits per heavy atom. The van der Waals surface area contributed by atoms with Crippen molar-refractivity contribution in [2.45, 2.75) is 0 Å². The maximum Gasteiger partial charge on any atom is 0.243 e. The molecule has 0 unspecified atom stereocenters. The summed E-state index contributed by atoms with van der Waals surface area (Å²) in [6.07, 6.45) is 0. The SMILES string of the molecule is COCCOc1cccc(NC(=O)CNc2ccc(I)cc2)c1. The van der Waals surface area contributed by atoms with Crippen LogP contribution in [0.4, 0.5) is 11.4 Å². The van der Waals surface area contributed by atoms with Gasteiger partial charge in [0.2, 0.25) is 5.91 Å². The van der Waals surface area contributed by atoms with E-state index >= 15 is 0 Å². The van der Waals surface area contributed by atoms with E-state index in [0.29, 0.717) is 24.7 Å². The minimum Gasteiger partial charge on any atom is -0.491 e. The Balaban J connectivity index is 1.82. The van der Waals surface area contributed by atoms with Crippen LogP contribution in [0.1, 0.15) is 0 Å². The van der Waals surface area contributed by atoms with Gasteiger partial charge in [0.25, 0.3) is 0 Å². The molecule has 2 aromatic carbocycles. The third-order valence-corrected chi connectivity index (χ3v) is 3.69. The molecule has 0 bridgehead atoms. The molecule has 0 atom stereocenters. The fourth-order valence-corrected chi connectivity index (χ4v) is 2.22. The van der Waals surface area contributed by atoms with E-state index in [0.717, 1.165) is 9.26 Å². The maximum atomic E-state index is 12.0. The highest BCUT2D eigenvalue weighted by Crippen LogP contribution is 2.17. The Bertz CT molecular complexity index is 632. The molecule has 23 heavy (non-hydrogen) atoms. The average Bonchev–Trinajstić information content (AvgIpc) is 2.55. The predicted octanol–water partition coefficient (Wildman–Crippen LogP) is 3.37. The van der Waals surface area contributed by atoms with Crippen LogP contribution in [0.2, 0.25) is 0 Å². The molecule has 0 heterocycles. The van der Waals surface area contributed by atoms with Crippen LogP contribution in [-0.2, 0) is 9.53 Å². The van der Waals surface area contributed by atoms with Crippen molar-refractivity contribution in [2.24, 2.45) is 0 Å². The van der Waals surface area contributed by atoms with E-state index in [4.69, 9.17) is 9.47 Å². The minimum atomic E-state index is -0.113. The summed E-state index contributed by atoms with van der Waals surface area (Å²) in [5.74, 6) is 0.586. The van der Waals surface area contributed by atoms with E-state index in [1.807, 2.05) is 42.5 Å². The van der Waals surface area contributed by atoms with Gasteiger partial charge in [-0.05, 0) is 59.0 Å². The van der Waals surface area contributed by atoms with Crippen LogP contribution in [0.3, 0.4) is 0 Å². The zero-order chi connectivity index (χ0) is 16.5. The molecule has 0 saturated heterocycles. The fraction of sp³-hybridized carbons (Fsp3) is 0.235. The lowest BCUT2D eigenvalue weighted by Crippen LogP contribution is -2.21. The smallest absolute Gasteiger partial charge is 0.243 e. The number of ether oxygens (including phenoxy) is 2. The van der Waals surface area contributed by atoms with Crippen LogP contribution in [0.25, 0.3) is 0 Å². The van der Waals surface area contributed by atoms with Gasteiger partial charge in [-0.25, -0.2) is 0 Å². The molecule has 6 heteroatoms. The van der Waals surface area contributed by atoms with Crippen molar-refractivity contribution in [1.29, 1.82) is 0 Å². The largest absolute Gasteiger partial charge is 0.491 e. The summed E-state index contributed by atoms with van der Waals surface area (Å²) < 4.78 is 11.6. The molecule has 2 N–H and O–H groups in total. The number of amides is 1. The third-order valence-electron chi connectivity index (χ3n) is 2.97. The van der Waals surface area contributed by atoms with Crippen molar-refractivity contribution in [3.63, 3.8) is 0 Å². The van der Waals surface area contributed by atoms with E-state index in [2.05, 4.69) is 33.2 Å². The maximum absolute atomic E-state index is 12.0. The highest BCUT2D eigenvalue weighted by molar-refractivity contribution is 14.1. The summed E-state index contributed by atoms with van der Waals surface area (Å²) in [6.45, 7) is 1.20. The molecule has 0 fully saturated rings. The first-order valence-corrected chi connectivity index (χ1v) is 8.26. The number of rotatable bonds is 8. The second-order valence-electron chi connectivity index (χ2n) is 4.78. The molecule has 0 saturated carbocycles. The van der Waals surface area contributed by atoms with Crippen LogP contribution in [0, 0.1) is 3.57 Å². The quantitative estimate of drug-likeness (QED) is 0.502. The van der Waals surface area contributed by atoms with Crippen LogP contribution in [0.5, 0.6) is 5.75 Å². The molecule has 2 aromatic rings. The lowest BCUT2D eigenvalue weighted by Gasteiger charge is -2.10. The molecule has 0 aromatic heterocycles. The van der Waals surface area contributed by atoms with Gasteiger partial charge in [0.1, 0.15) is 12.4 Å². The van der Waals surface area contributed by atoms with Gasteiger partial charge >= 0.3 is 0 Å². The Kier molecular flexibility index (Phi) is 7.15. The average molecular weight is 426 g/mol. The van der Waals surface area contributed by atoms with Gasteiger partial charge in [0.15, 0.2) is 0 Å². The first-order chi connectivity index (χ1) is 11.2. The van der Waals surface area contributed by atoms with Gasteiger partial charge in [-0.15, -0.1) is 0 Å². The fourth-order valence-electron chi connectivity index (χ4n) is 1.86. The number of methoxy groups -OCH3 is 1. The van der Waals surface area contributed by atoms with Crippen molar-refractivity contribution >= 4 is 39.9 Å². The molecule has 0 aliphatic rings. The summed E-state index contributed by atoms with van der Waals surface area (Å²) in [5, 5.41) is 5.93. The predicted molar refractivity (Wildman–Crippen MR) is 100 cm³/mol. The number of hydrogen-bond donors (Lipinski definition) is 2. The second kappa shape index (κ2) is 9.36. The number of carbonyl (C=O) groups excluding carboxylic acids is 1. The Labute approximate surface area is 149 Å². The number of nitrogens with one attached hydrogen (secondary N) is 2. The van der Waals surface area contributed by atoms with Gasteiger partial charge in [-0.2, -0.15) is 0 Å². The number of carbonyl (C=O) groups is 1. The molecular weight excluding hydrogens is 407 g/mol. The molecule has 2 rings (SSSR count). The third kappa shape index (κ3) is 6.45. The molecule has 5 nitrogen and oxygen atoms in total. The summed E-state index contributed by atoms with van der Waals surface area (Å²) in [5.41, 5.74) is 1.62. The highest BCUT2D eigenvalue weighted by atomic mass is 127. The van der Waals surface area contributed by atoms with Crippen LogP contribution < -0.4 is 15.4 Å². The minimum absolute atomic E-state index is 0.113. The Morgan fingerprint density at radius 1 is 1.09 bits per heavy atom. The summed E-state index contributed by atoms with van der Waals surface area (Å²) in [6, 6.07) is 15.2. The van der Waals surface area contributed by atoms with Gasteiger partial charge in [-0.1, -0.05) is 6.07 Å². The van der Waals surface area contributed by atoms with Gasteiger partial charge in [-0.3, -0.25) is 4.79 Å². The summed E-state index contributed by atoms with van der Waals surface area (Å²) in [4.78, 5) is 12.0. The molecule has 1 amide bonds. The van der Waals surface area contributed by atoms with Crippen LogP contribution >= 0.6 is 22.6 Å². The monoisotopic (exact) mass is 426 g/mol. The van der Waals surface area contributed by atoms with E-state index in [9.17, 15) is 4.79 Å². The first-order valence-electron chi connectivity index (χ1n) is 7.18. The van der Waals surface area contributed by atoms with Gasteiger partial charge in [0, 0.05) is 28.1 Å². The van der Waals surface area contributed by atoms with Gasteiger partial charge in [0.05, 0.1) is 13.2 Å². The topological polar surface area (TPSA) is 59.6 Å². The number of anilines is 2. The van der Waals surface area contributed by atoms with Crippen molar-refractivity contribution in [3.8, 4) is 5.75 Å². The van der Waals surface area contributed by atoms with Gasteiger partial charge < -0.3 is 20.1 Å². The second-order valence-corrected chi connectivity index (χ2v) is 6.02. The molecule has 0 radical (unpaired) electrons. The molecule has 0 aliphatic carbocycles. The summed E-state index contributed by atoms with van der Waals surface area (Å²) in [7, 11) is 1.63. The highest BCUT2D eigenvalue weighted by Gasteiger charge is 2.04. The van der Waals surface area contributed by atoms with Crippen molar-refractivity contribution in [1.82, 2.24) is 0 Å². The zero-order valence-electron chi connectivity index (χ0n) is 12.8. The zero-order valence-corrected chi connectivity index (χ0v) is 15.0. The van der Waals surface area contributed by atoms with E-state index in [1.165, 1.54) is 0 Å². The number of benzene rings is 2. The van der Waals surface area contributed by atoms with Crippen molar-refractivity contribution in [3.05, 3.63) is 52.1 Å².